The van der Waals surface area contributed by atoms with Crippen LogP contribution in [-0.4, -0.2) is 33.0 Å². The third kappa shape index (κ3) is 2.66. The topological polar surface area (TPSA) is 62.3 Å². The minimum atomic E-state index is -3.40. The van der Waals surface area contributed by atoms with E-state index in [2.05, 4.69) is 21.5 Å². The zero-order valence-electron chi connectivity index (χ0n) is 12.6. The molecule has 5 nitrogen and oxygen atoms in total. The Hall–Kier alpha value is -1.14. The highest BCUT2D eigenvalue weighted by Crippen LogP contribution is 2.41. The Labute approximate surface area is 126 Å². The average Bonchev–Trinajstić information content (AvgIpc) is 2.85. The molecule has 3 atom stereocenters. The first kappa shape index (κ1) is 14.8. The third-order valence-electron chi connectivity index (χ3n) is 4.99. The zero-order valence-corrected chi connectivity index (χ0v) is 13.4. The highest BCUT2D eigenvalue weighted by molar-refractivity contribution is 7.89. The molecular formula is C15H23N3O2S. The summed E-state index contributed by atoms with van der Waals surface area (Å²) in [6, 6.07) is 4.07. The predicted octanol–water partition coefficient (Wildman–Crippen LogP) is 2.00. The lowest BCUT2D eigenvalue weighted by molar-refractivity contribution is 0.293. The molecule has 1 aliphatic carbocycles. The van der Waals surface area contributed by atoms with E-state index in [-0.39, 0.29) is 4.90 Å². The lowest BCUT2D eigenvalue weighted by Crippen LogP contribution is -2.35. The van der Waals surface area contributed by atoms with Gasteiger partial charge in [0.1, 0.15) is 10.7 Å². The molecule has 2 fully saturated rings. The van der Waals surface area contributed by atoms with Gasteiger partial charge in [0, 0.05) is 18.8 Å². The van der Waals surface area contributed by atoms with Crippen LogP contribution in [0.4, 0.5) is 5.82 Å². The maximum absolute atomic E-state index is 11.7. The van der Waals surface area contributed by atoms with Crippen molar-refractivity contribution in [3.8, 4) is 0 Å². The van der Waals surface area contributed by atoms with E-state index < -0.39 is 10.0 Å². The van der Waals surface area contributed by atoms with Gasteiger partial charge in [-0.05, 0) is 43.9 Å². The molecule has 21 heavy (non-hydrogen) atoms. The van der Waals surface area contributed by atoms with Gasteiger partial charge in [0.2, 0.25) is 10.0 Å². The fourth-order valence-electron chi connectivity index (χ4n) is 3.85. The van der Waals surface area contributed by atoms with Crippen LogP contribution in [0, 0.1) is 11.8 Å². The van der Waals surface area contributed by atoms with Crippen LogP contribution < -0.4 is 9.62 Å². The van der Waals surface area contributed by atoms with E-state index in [1.54, 1.807) is 6.07 Å². The van der Waals surface area contributed by atoms with Crippen LogP contribution in [0.2, 0.25) is 0 Å². The van der Waals surface area contributed by atoms with Crippen LogP contribution in [0.5, 0.6) is 0 Å². The predicted molar refractivity (Wildman–Crippen MR) is 82.7 cm³/mol. The molecule has 1 N–H and O–H groups in total. The van der Waals surface area contributed by atoms with Gasteiger partial charge in [-0.3, -0.25) is 0 Å². The third-order valence-corrected chi connectivity index (χ3v) is 6.39. The second-order valence-corrected chi connectivity index (χ2v) is 8.09. The first-order chi connectivity index (χ1) is 10.0. The van der Waals surface area contributed by atoms with E-state index in [4.69, 9.17) is 0 Å². The van der Waals surface area contributed by atoms with Crippen LogP contribution in [-0.2, 0) is 10.0 Å². The minimum Gasteiger partial charge on any atom is -0.353 e. The second-order valence-electron chi connectivity index (χ2n) is 6.20. The van der Waals surface area contributed by atoms with Crippen molar-refractivity contribution < 1.29 is 8.42 Å². The van der Waals surface area contributed by atoms with Crippen LogP contribution in [0.25, 0.3) is 0 Å². The normalized spacial score (nSPS) is 29.4. The number of pyridine rings is 1. The summed E-state index contributed by atoms with van der Waals surface area (Å²) >= 11 is 0. The van der Waals surface area contributed by atoms with Gasteiger partial charge in [0.25, 0.3) is 0 Å². The zero-order chi connectivity index (χ0) is 15.0. The lowest BCUT2D eigenvalue weighted by Gasteiger charge is -2.32. The van der Waals surface area contributed by atoms with Gasteiger partial charge in [-0.25, -0.2) is 18.1 Å². The highest BCUT2D eigenvalue weighted by Gasteiger charge is 2.40. The summed E-state index contributed by atoms with van der Waals surface area (Å²) in [5.41, 5.74) is 0. The van der Waals surface area contributed by atoms with Crippen LogP contribution in [0.1, 0.15) is 32.6 Å². The first-order valence-electron chi connectivity index (χ1n) is 7.69. The lowest BCUT2D eigenvalue weighted by atomic mass is 9.80. The number of hydrogen-bond acceptors (Lipinski definition) is 4. The molecule has 6 heteroatoms. The minimum absolute atomic E-state index is 0.223. The van der Waals surface area contributed by atoms with Crippen molar-refractivity contribution >= 4 is 15.8 Å². The second kappa shape index (κ2) is 5.57. The number of aromatic nitrogens is 1. The largest absolute Gasteiger partial charge is 0.353 e. The number of sulfonamides is 1. The fourth-order valence-corrected chi connectivity index (χ4v) is 4.53. The molecule has 0 bridgehead atoms. The van der Waals surface area contributed by atoms with Gasteiger partial charge >= 0.3 is 0 Å². The Morgan fingerprint density at radius 2 is 2.05 bits per heavy atom. The van der Waals surface area contributed by atoms with Gasteiger partial charge in [-0.2, -0.15) is 0 Å². The molecule has 3 rings (SSSR count). The monoisotopic (exact) mass is 309 g/mol. The van der Waals surface area contributed by atoms with Gasteiger partial charge in [0.15, 0.2) is 0 Å². The molecule has 0 radical (unpaired) electrons. The SMILES string of the molecule is CNS(=O)(=O)c1ccc(N2CC(C)C3CCCCC32)nc1. The van der Waals surface area contributed by atoms with Gasteiger partial charge < -0.3 is 4.90 Å². The van der Waals surface area contributed by atoms with Crippen LogP contribution in [0.15, 0.2) is 23.2 Å². The van der Waals surface area contributed by atoms with E-state index in [0.29, 0.717) is 12.0 Å². The molecule has 1 aromatic rings. The van der Waals surface area contributed by atoms with Crippen molar-refractivity contribution in [1.82, 2.24) is 9.71 Å². The molecule has 116 valence electrons. The van der Waals surface area contributed by atoms with Crippen LogP contribution in [0.3, 0.4) is 0 Å². The molecule has 1 aliphatic heterocycles. The Kier molecular flexibility index (Phi) is 3.92. The fraction of sp³-hybridized carbons (Fsp3) is 0.667. The van der Waals surface area contributed by atoms with Crippen molar-refractivity contribution in [2.24, 2.45) is 11.8 Å². The number of nitrogens with zero attached hydrogens (tertiary/aromatic N) is 2. The number of rotatable bonds is 3. The number of anilines is 1. The van der Waals surface area contributed by atoms with Crippen molar-refractivity contribution in [2.75, 3.05) is 18.5 Å². The van der Waals surface area contributed by atoms with Gasteiger partial charge in [-0.15, -0.1) is 0 Å². The van der Waals surface area contributed by atoms with Gasteiger partial charge in [-0.1, -0.05) is 19.8 Å². The van der Waals surface area contributed by atoms with Crippen molar-refractivity contribution in [2.45, 2.75) is 43.5 Å². The standard InChI is InChI=1S/C15H23N3O2S/c1-11-10-18(14-6-4-3-5-13(11)14)15-8-7-12(9-17-15)21(19,20)16-2/h7-9,11,13-14,16H,3-6,10H2,1-2H3. The van der Waals surface area contributed by atoms with Gasteiger partial charge in [0.05, 0.1) is 0 Å². The van der Waals surface area contributed by atoms with E-state index in [9.17, 15) is 8.42 Å². The molecule has 2 aliphatic rings. The Morgan fingerprint density at radius 1 is 1.29 bits per heavy atom. The smallest absolute Gasteiger partial charge is 0.241 e. The highest BCUT2D eigenvalue weighted by atomic mass is 32.2. The summed E-state index contributed by atoms with van der Waals surface area (Å²) < 4.78 is 25.8. The Morgan fingerprint density at radius 3 is 2.71 bits per heavy atom. The summed E-state index contributed by atoms with van der Waals surface area (Å²) in [7, 11) is -1.99. The van der Waals surface area contributed by atoms with Crippen molar-refractivity contribution in [3.05, 3.63) is 18.3 Å². The van der Waals surface area contributed by atoms with Crippen molar-refractivity contribution in [3.63, 3.8) is 0 Å². The number of hydrogen-bond donors (Lipinski definition) is 1. The van der Waals surface area contributed by atoms with E-state index >= 15 is 0 Å². The molecule has 0 amide bonds. The van der Waals surface area contributed by atoms with Crippen molar-refractivity contribution in [1.29, 1.82) is 0 Å². The summed E-state index contributed by atoms with van der Waals surface area (Å²) in [6.45, 7) is 3.35. The summed E-state index contributed by atoms with van der Waals surface area (Å²) in [5, 5.41) is 0. The molecule has 0 aromatic carbocycles. The maximum atomic E-state index is 11.7. The first-order valence-corrected chi connectivity index (χ1v) is 9.17. The van der Waals surface area contributed by atoms with E-state index in [0.717, 1.165) is 18.3 Å². The van der Waals surface area contributed by atoms with E-state index in [1.807, 2.05) is 6.07 Å². The number of fused-ring (bicyclic) bond motifs is 1. The molecule has 0 spiro atoms. The average molecular weight is 309 g/mol. The quantitative estimate of drug-likeness (QED) is 0.928. The molecule has 3 unspecified atom stereocenters. The molecule has 1 aromatic heterocycles. The Bertz CT molecular complexity index is 600. The summed E-state index contributed by atoms with van der Waals surface area (Å²) in [5.74, 6) is 2.37. The summed E-state index contributed by atoms with van der Waals surface area (Å²) in [6.07, 6.45) is 6.63. The Balaban J connectivity index is 1.84. The maximum Gasteiger partial charge on any atom is 0.241 e. The van der Waals surface area contributed by atoms with E-state index in [1.165, 1.54) is 38.9 Å². The molecule has 2 heterocycles. The number of nitrogens with one attached hydrogen (secondary N) is 1. The molecule has 1 saturated heterocycles. The molecular weight excluding hydrogens is 286 g/mol. The van der Waals surface area contributed by atoms with Crippen LogP contribution >= 0.6 is 0 Å². The summed E-state index contributed by atoms with van der Waals surface area (Å²) in [4.78, 5) is 7.01. The molecule has 1 saturated carbocycles.